The monoisotopic (exact) mass is 1050 g/mol. The summed E-state index contributed by atoms with van der Waals surface area (Å²) in [6.07, 6.45) is 36.6. The predicted molar refractivity (Wildman–Crippen MR) is 304 cm³/mol. The second-order valence-electron chi connectivity index (χ2n) is 12.7. The molecule has 8 heterocycles. The van der Waals surface area contributed by atoms with E-state index in [-0.39, 0.29) is 0 Å². The molecular weight excluding hydrogens is 955 g/mol. The second-order valence-corrected chi connectivity index (χ2v) is 12.7. The van der Waals surface area contributed by atoms with Gasteiger partial charge in [-0.15, -0.1) is 9.97 Å². The lowest BCUT2D eigenvalue weighted by Gasteiger charge is -1.95. The summed E-state index contributed by atoms with van der Waals surface area (Å²) < 4.78 is 14.9. The summed E-state index contributed by atoms with van der Waals surface area (Å²) >= 11 is 0. The van der Waals surface area contributed by atoms with Crippen LogP contribution in [0.1, 0.15) is 111 Å². The van der Waals surface area contributed by atoms with Crippen LogP contribution in [0.5, 0.6) is 0 Å². The van der Waals surface area contributed by atoms with Crippen molar-refractivity contribution in [2.75, 3.05) is 0 Å². The Labute approximate surface area is 455 Å². The van der Waals surface area contributed by atoms with Gasteiger partial charge in [0.25, 0.3) is 11.3 Å². The Hall–Kier alpha value is -8.23. The smallest absolute Gasteiger partial charge is 0.323 e. The zero-order valence-electron chi connectivity index (χ0n) is 50.7. The summed E-state index contributed by atoms with van der Waals surface area (Å²) in [7, 11) is 15.3. The van der Waals surface area contributed by atoms with E-state index in [4.69, 9.17) is 0 Å². The Morgan fingerprint density at radius 2 is 0.724 bits per heavy atom. The van der Waals surface area contributed by atoms with Gasteiger partial charge in [0, 0.05) is 89.9 Å². The Morgan fingerprint density at radius 3 is 1.11 bits per heavy atom. The molecule has 8 rings (SSSR count). The maximum absolute atomic E-state index is 4.46. The normalized spacial score (nSPS) is 9.89. The Morgan fingerprint density at radius 1 is 0.342 bits per heavy atom. The van der Waals surface area contributed by atoms with E-state index in [2.05, 4.69) is 64.8 Å². The van der Waals surface area contributed by atoms with Gasteiger partial charge in [-0.1, -0.05) is 131 Å². The molecule has 0 N–H and O–H groups in total. The van der Waals surface area contributed by atoms with Crippen LogP contribution >= 0.6 is 0 Å². The summed E-state index contributed by atoms with van der Waals surface area (Å²) in [5.74, 6) is 2.88. The lowest BCUT2D eigenvalue weighted by atomic mass is 10.5. The third-order valence-electron chi connectivity index (χ3n) is 8.13. The lowest BCUT2D eigenvalue weighted by molar-refractivity contribution is -0.664. The van der Waals surface area contributed by atoms with Gasteiger partial charge < -0.3 is 18.3 Å². The maximum Gasteiger partial charge on any atom is 0.434 e. The zero-order valence-corrected chi connectivity index (χ0v) is 50.7. The van der Waals surface area contributed by atoms with Crippen molar-refractivity contribution in [3.63, 3.8) is 0 Å². The molecule has 0 aliphatic carbocycles. The van der Waals surface area contributed by atoms with Crippen molar-refractivity contribution in [1.82, 2.24) is 63.1 Å². The first-order valence-electron chi connectivity index (χ1n) is 26.2. The summed E-state index contributed by atoms with van der Waals surface area (Å²) in [6.45, 7) is 32.0. The van der Waals surface area contributed by atoms with E-state index in [1.54, 1.807) is 91.6 Å². The standard InChI is InChI=1S/3C10H12N5.C9H11N6.8C2H6/c1-14-5-3-11-7-9(14)13-10-8-12-4-6-15(10)2;1-14-6-5-11-7-10(14)13-9-3-4-12-8-15(9)2;1-14-7-5-11-8-9(14)13-10-12-4-3-6-15(10)2;1-14-4-3-10-5-8(14)13-9-12-6-11-7-15(9)2;8*1-2/h3*3-8H,1-2H3;3-7H,1-2H3;8*1-2H3/q4*+1;;;;;;;;. The van der Waals surface area contributed by atoms with E-state index < -0.39 is 0 Å². The summed E-state index contributed by atoms with van der Waals surface area (Å²) in [5.41, 5.74) is 3.11. The van der Waals surface area contributed by atoms with E-state index in [1.165, 1.54) is 6.33 Å². The van der Waals surface area contributed by atoms with Crippen molar-refractivity contribution in [2.24, 2.45) is 76.4 Å². The molecule has 0 atom stereocenters. The minimum absolute atomic E-state index is 0.591. The molecule has 0 unspecified atom stereocenters. The molecule has 0 fully saturated rings. The van der Waals surface area contributed by atoms with Crippen LogP contribution in [-0.4, -0.2) is 63.1 Å². The van der Waals surface area contributed by atoms with Crippen LogP contribution in [-0.2, 0) is 56.4 Å². The van der Waals surface area contributed by atoms with Gasteiger partial charge in [0.1, 0.15) is 24.8 Å². The summed E-state index contributed by atoms with van der Waals surface area (Å²) in [5, 5.41) is 0. The average Bonchev–Trinajstić information content (AvgIpc) is 3.48. The molecule has 21 nitrogen and oxygen atoms in total. The van der Waals surface area contributed by atoms with Crippen LogP contribution in [0.15, 0.2) is 163 Å². The average molecular weight is 1050 g/mol. The van der Waals surface area contributed by atoms with E-state index >= 15 is 0 Å². The minimum Gasteiger partial charge on any atom is -0.323 e. The molecule has 0 radical (unpaired) electrons. The van der Waals surface area contributed by atoms with Crippen LogP contribution in [0.2, 0.25) is 0 Å². The highest BCUT2D eigenvalue weighted by Crippen LogP contribution is 1.99. The topological polar surface area (TPSA) is 201 Å². The van der Waals surface area contributed by atoms with Gasteiger partial charge in [-0.25, -0.2) is 18.3 Å². The van der Waals surface area contributed by atoms with Crippen LogP contribution < -0.4 is 40.2 Å². The Bertz CT molecular complexity index is 2520. The highest BCUT2D eigenvalue weighted by Gasteiger charge is 2.07. The van der Waals surface area contributed by atoms with Crippen molar-refractivity contribution in [3.8, 4) is 0 Å². The molecule has 0 aliphatic heterocycles. The van der Waals surface area contributed by atoms with Gasteiger partial charge in [-0.2, -0.15) is 0 Å². The van der Waals surface area contributed by atoms with Crippen LogP contribution in [0.3, 0.4) is 0 Å². The molecule has 0 aromatic carbocycles. The van der Waals surface area contributed by atoms with Crippen LogP contribution in [0.25, 0.3) is 0 Å². The van der Waals surface area contributed by atoms with Crippen molar-refractivity contribution in [2.45, 2.75) is 111 Å². The molecule has 21 heteroatoms. The number of rotatable bonds is 4. The van der Waals surface area contributed by atoms with E-state index in [0.29, 0.717) is 11.9 Å². The van der Waals surface area contributed by atoms with Gasteiger partial charge in [-0.3, -0.25) is 24.9 Å². The molecule has 0 bridgehead atoms. The molecule has 76 heavy (non-hydrogen) atoms. The van der Waals surface area contributed by atoms with Gasteiger partial charge in [0.15, 0.2) is 6.33 Å². The largest absolute Gasteiger partial charge is 0.434 e. The molecule has 416 valence electrons. The van der Waals surface area contributed by atoms with Crippen molar-refractivity contribution in [3.05, 3.63) is 165 Å². The molecule has 8 aromatic heterocycles. The first kappa shape index (κ1) is 74.3. The predicted octanol–water partition coefficient (Wildman–Crippen LogP) is 7.09. The molecule has 0 saturated heterocycles. The third-order valence-corrected chi connectivity index (χ3v) is 8.13. The second kappa shape index (κ2) is 50.3. The highest BCUT2D eigenvalue weighted by atomic mass is 15.2. The number of nitrogens with zero attached hydrogens (tertiary/aromatic N) is 21. The number of hydrogen-bond donors (Lipinski definition) is 0. The van der Waals surface area contributed by atoms with Crippen molar-refractivity contribution >= 4 is 23.5 Å². The van der Waals surface area contributed by atoms with E-state index in [9.17, 15) is 0 Å². The third kappa shape index (κ3) is 30.1. The van der Waals surface area contributed by atoms with Crippen molar-refractivity contribution in [1.29, 1.82) is 0 Å². The summed E-state index contributed by atoms with van der Waals surface area (Å²) in [4.78, 5) is 53.9. The number of aromatic nitrogens is 17. The number of hydrogen-bond acceptors (Lipinski definition) is 13. The van der Waals surface area contributed by atoms with Gasteiger partial charge in [0.05, 0.1) is 65.4 Å². The van der Waals surface area contributed by atoms with Crippen molar-refractivity contribution < 1.29 is 18.3 Å². The minimum atomic E-state index is 0.591. The fourth-order valence-corrected chi connectivity index (χ4v) is 4.61. The Kier molecular flexibility index (Phi) is 49.2. The van der Waals surface area contributed by atoms with Crippen LogP contribution in [0.4, 0.5) is 23.5 Å². The van der Waals surface area contributed by atoms with Crippen LogP contribution in [0, 0.1) is 0 Å². The van der Waals surface area contributed by atoms with Gasteiger partial charge >= 0.3 is 17.7 Å². The SMILES string of the molecule is CC.CC.CC.CC.CC.CC.CC.CC.Cn1ccncc1=Nc1ccnc[n+]1C.Cn1ccncc1=Nc1cncc[n+]1C.Cn1ccncc1=Nc1nccc[n+]1C.Cn1ccncc1=Nc1ncnc[n+]1C. The first-order valence-corrected chi connectivity index (χ1v) is 26.2. The lowest BCUT2D eigenvalue weighted by Crippen LogP contribution is -2.31. The maximum atomic E-state index is 4.46. The van der Waals surface area contributed by atoms with E-state index in [1.807, 2.05) is 248 Å². The molecule has 0 saturated carbocycles. The molecular formula is C55H95N21+4. The Balaban J connectivity index is -0.000000417. The fraction of sp³-hybridized carbons (Fsp3) is 0.436. The van der Waals surface area contributed by atoms with Gasteiger partial charge in [-0.05, 0) is 9.98 Å². The molecule has 0 spiro atoms. The number of aryl methyl sites for hydroxylation is 8. The summed E-state index contributed by atoms with van der Waals surface area (Å²) in [6, 6.07) is 3.72. The molecule has 0 aliphatic rings. The molecule has 8 aromatic rings. The van der Waals surface area contributed by atoms with Gasteiger partial charge in [0.2, 0.25) is 29.1 Å². The molecule has 0 amide bonds. The first-order chi connectivity index (χ1) is 37.1. The fourth-order valence-electron chi connectivity index (χ4n) is 4.61. The zero-order chi connectivity index (χ0) is 58.7. The van der Waals surface area contributed by atoms with E-state index in [0.717, 1.165) is 33.6 Å². The highest BCUT2D eigenvalue weighted by molar-refractivity contribution is 5.16. The quantitative estimate of drug-likeness (QED) is 0.165.